The van der Waals surface area contributed by atoms with Crippen LogP contribution in [0.4, 0.5) is 0 Å². The summed E-state index contributed by atoms with van der Waals surface area (Å²) in [5.41, 5.74) is 0.996. The summed E-state index contributed by atoms with van der Waals surface area (Å²) in [6.07, 6.45) is 0.801. The number of hydrogen-bond acceptors (Lipinski definition) is 2. The number of aromatic hydroxyl groups is 1. The first-order valence-corrected chi connectivity index (χ1v) is 6.80. The predicted octanol–water partition coefficient (Wildman–Crippen LogP) is 4.51. The molecule has 0 atom stereocenters. The van der Waals surface area contributed by atoms with Gasteiger partial charge in [0.25, 0.3) is 0 Å². The van der Waals surface area contributed by atoms with Crippen molar-refractivity contribution in [3.8, 4) is 5.75 Å². The zero-order chi connectivity index (χ0) is 12.5. The highest BCUT2D eigenvalue weighted by Crippen LogP contribution is 2.31. The summed E-state index contributed by atoms with van der Waals surface area (Å²) in [6, 6.07) is 16.3. The molecule has 0 aliphatic carbocycles. The Labute approximate surface area is 110 Å². The van der Waals surface area contributed by atoms with Gasteiger partial charge in [0.05, 0.1) is 0 Å². The van der Waals surface area contributed by atoms with Crippen LogP contribution in [-0.4, -0.2) is 5.11 Å². The van der Waals surface area contributed by atoms with Gasteiger partial charge in [0, 0.05) is 21.6 Å². The maximum absolute atomic E-state index is 10.3. The molecular weight excluding hydrogens is 240 g/mol. The van der Waals surface area contributed by atoms with Crippen molar-refractivity contribution < 1.29 is 5.11 Å². The Morgan fingerprint density at radius 2 is 1.83 bits per heavy atom. The number of rotatable bonds is 2. The molecule has 0 unspecified atom stereocenters. The lowest BCUT2D eigenvalue weighted by molar-refractivity contribution is 0.476. The molecule has 3 rings (SSSR count). The number of hydrogen-bond donors (Lipinski definition) is 1. The first-order valence-electron chi connectivity index (χ1n) is 5.99. The molecule has 1 aromatic heterocycles. The lowest BCUT2D eigenvalue weighted by Gasteiger charge is -2.07. The number of thiophene rings is 1. The largest absolute Gasteiger partial charge is 0.507 e. The van der Waals surface area contributed by atoms with Crippen LogP contribution < -0.4 is 0 Å². The first-order chi connectivity index (χ1) is 8.74. The van der Waals surface area contributed by atoms with Crippen LogP contribution in [0.15, 0.2) is 48.5 Å². The quantitative estimate of drug-likeness (QED) is 0.713. The van der Waals surface area contributed by atoms with Gasteiger partial charge in [0.15, 0.2) is 0 Å². The Morgan fingerprint density at radius 1 is 1.00 bits per heavy atom. The lowest BCUT2D eigenvalue weighted by Crippen LogP contribution is -1.86. The maximum atomic E-state index is 10.3. The van der Waals surface area contributed by atoms with Crippen LogP contribution in [0, 0.1) is 6.92 Å². The van der Waals surface area contributed by atoms with Crippen molar-refractivity contribution in [2.24, 2.45) is 0 Å². The minimum absolute atomic E-state index is 0.416. The molecule has 0 radical (unpaired) electrons. The predicted molar refractivity (Wildman–Crippen MR) is 77.5 cm³/mol. The normalized spacial score (nSPS) is 10.9. The lowest BCUT2D eigenvalue weighted by atomic mass is 10.0. The average molecular weight is 254 g/mol. The minimum Gasteiger partial charge on any atom is -0.507 e. The Morgan fingerprint density at radius 3 is 2.61 bits per heavy atom. The van der Waals surface area contributed by atoms with Gasteiger partial charge in [-0.25, -0.2) is 0 Å². The van der Waals surface area contributed by atoms with E-state index in [9.17, 15) is 5.11 Å². The first kappa shape index (κ1) is 11.3. The summed E-state index contributed by atoms with van der Waals surface area (Å²) in [6.45, 7) is 2.11. The van der Waals surface area contributed by atoms with Gasteiger partial charge < -0.3 is 5.11 Å². The van der Waals surface area contributed by atoms with E-state index >= 15 is 0 Å². The fraction of sp³-hybridized carbons (Fsp3) is 0.125. The molecule has 0 bridgehead atoms. The van der Waals surface area contributed by atoms with Crippen LogP contribution in [0.1, 0.15) is 15.3 Å². The van der Waals surface area contributed by atoms with Gasteiger partial charge in [0.1, 0.15) is 5.75 Å². The molecule has 3 aromatic rings. The van der Waals surface area contributed by atoms with E-state index in [0.29, 0.717) is 5.75 Å². The van der Waals surface area contributed by atoms with E-state index in [4.69, 9.17) is 0 Å². The SMILES string of the molecule is Cc1ccc(Cc2ccc3ccccc3c2O)s1. The number of aryl methyl sites for hydroxylation is 1. The summed E-state index contributed by atoms with van der Waals surface area (Å²) in [5.74, 6) is 0.416. The number of benzene rings is 2. The molecule has 1 nitrogen and oxygen atoms in total. The highest BCUT2D eigenvalue weighted by Gasteiger charge is 2.07. The molecule has 1 N–H and O–H groups in total. The Balaban J connectivity index is 2.04. The summed E-state index contributed by atoms with van der Waals surface area (Å²) in [4.78, 5) is 2.60. The zero-order valence-electron chi connectivity index (χ0n) is 10.2. The molecule has 0 aliphatic rings. The van der Waals surface area contributed by atoms with Crippen LogP contribution in [0.3, 0.4) is 0 Å². The summed E-state index contributed by atoms with van der Waals surface area (Å²) < 4.78 is 0. The van der Waals surface area contributed by atoms with E-state index < -0.39 is 0 Å². The van der Waals surface area contributed by atoms with Crippen molar-refractivity contribution in [1.29, 1.82) is 0 Å². The van der Waals surface area contributed by atoms with Crippen molar-refractivity contribution in [3.05, 3.63) is 63.8 Å². The van der Waals surface area contributed by atoms with Crippen molar-refractivity contribution >= 4 is 22.1 Å². The van der Waals surface area contributed by atoms with Crippen LogP contribution in [0.2, 0.25) is 0 Å². The molecular formula is C16H14OS. The fourth-order valence-corrected chi connectivity index (χ4v) is 3.12. The van der Waals surface area contributed by atoms with E-state index in [2.05, 4.69) is 25.1 Å². The third-order valence-corrected chi connectivity index (χ3v) is 4.15. The summed E-state index contributed by atoms with van der Waals surface area (Å²) >= 11 is 1.79. The van der Waals surface area contributed by atoms with Crippen LogP contribution in [0.5, 0.6) is 5.75 Å². The smallest absolute Gasteiger partial charge is 0.126 e. The van der Waals surface area contributed by atoms with E-state index in [1.54, 1.807) is 11.3 Å². The molecule has 0 saturated carbocycles. The average Bonchev–Trinajstić information content (AvgIpc) is 2.79. The summed E-state index contributed by atoms with van der Waals surface area (Å²) in [5, 5.41) is 12.3. The molecule has 1 heterocycles. The molecule has 0 saturated heterocycles. The molecule has 0 spiro atoms. The highest BCUT2D eigenvalue weighted by atomic mass is 32.1. The third kappa shape index (κ3) is 2.00. The van der Waals surface area contributed by atoms with E-state index in [1.807, 2.05) is 30.3 Å². The van der Waals surface area contributed by atoms with Crippen LogP contribution in [0.25, 0.3) is 10.8 Å². The monoisotopic (exact) mass is 254 g/mol. The van der Waals surface area contributed by atoms with Crippen molar-refractivity contribution in [1.82, 2.24) is 0 Å². The van der Waals surface area contributed by atoms with Gasteiger partial charge in [0.2, 0.25) is 0 Å². The third-order valence-electron chi connectivity index (χ3n) is 3.14. The zero-order valence-corrected chi connectivity index (χ0v) is 11.0. The molecule has 2 heteroatoms. The van der Waals surface area contributed by atoms with E-state index in [0.717, 1.165) is 22.8 Å². The Kier molecular flexibility index (Phi) is 2.80. The second kappa shape index (κ2) is 4.46. The van der Waals surface area contributed by atoms with Crippen LogP contribution >= 0.6 is 11.3 Å². The summed E-state index contributed by atoms with van der Waals surface area (Å²) in [7, 11) is 0. The van der Waals surface area contributed by atoms with Gasteiger partial charge in [-0.2, -0.15) is 0 Å². The number of fused-ring (bicyclic) bond motifs is 1. The molecule has 0 aliphatic heterocycles. The second-order valence-electron chi connectivity index (χ2n) is 4.48. The minimum atomic E-state index is 0.416. The number of phenols is 1. The van der Waals surface area contributed by atoms with Gasteiger partial charge in [-0.1, -0.05) is 36.4 Å². The standard InChI is InChI=1S/C16H14OS/c1-11-6-9-14(18-11)10-13-8-7-12-4-2-3-5-15(12)16(13)17/h2-9,17H,10H2,1H3. The van der Waals surface area contributed by atoms with Gasteiger partial charge >= 0.3 is 0 Å². The Hall–Kier alpha value is -1.80. The fourth-order valence-electron chi connectivity index (χ4n) is 2.21. The molecule has 2 aromatic carbocycles. The van der Waals surface area contributed by atoms with Gasteiger partial charge in [-0.05, 0) is 30.0 Å². The van der Waals surface area contributed by atoms with E-state index in [1.165, 1.54) is 9.75 Å². The van der Waals surface area contributed by atoms with Crippen molar-refractivity contribution in [2.75, 3.05) is 0 Å². The molecule has 18 heavy (non-hydrogen) atoms. The van der Waals surface area contributed by atoms with Gasteiger partial charge in [-0.3, -0.25) is 0 Å². The highest BCUT2D eigenvalue weighted by molar-refractivity contribution is 7.11. The van der Waals surface area contributed by atoms with Crippen molar-refractivity contribution in [2.45, 2.75) is 13.3 Å². The van der Waals surface area contributed by atoms with Crippen LogP contribution in [-0.2, 0) is 6.42 Å². The molecule has 0 amide bonds. The van der Waals surface area contributed by atoms with E-state index in [-0.39, 0.29) is 0 Å². The molecule has 0 fully saturated rings. The topological polar surface area (TPSA) is 20.2 Å². The molecule has 90 valence electrons. The Bertz CT molecular complexity index is 697. The number of phenolic OH excluding ortho intramolecular Hbond substituents is 1. The maximum Gasteiger partial charge on any atom is 0.126 e. The van der Waals surface area contributed by atoms with Gasteiger partial charge in [-0.15, -0.1) is 11.3 Å². The second-order valence-corrected chi connectivity index (χ2v) is 5.86. The van der Waals surface area contributed by atoms with Crippen molar-refractivity contribution in [3.63, 3.8) is 0 Å².